The fraction of sp³-hybridized carbons (Fsp3) is 0.120. The number of nitrogens with one attached hydrogen (secondary N) is 2. The van der Waals surface area contributed by atoms with Gasteiger partial charge in [0, 0.05) is 30.6 Å². The van der Waals surface area contributed by atoms with Gasteiger partial charge in [-0.2, -0.15) is 13.2 Å². The van der Waals surface area contributed by atoms with Crippen LogP contribution in [-0.4, -0.2) is 32.0 Å². The highest BCUT2D eigenvalue weighted by Crippen LogP contribution is 2.30. The number of rotatable bonds is 5. The van der Waals surface area contributed by atoms with E-state index in [1.807, 2.05) is 25.1 Å². The molecule has 2 N–H and O–H groups in total. The summed E-state index contributed by atoms with van der Waals surface area (Å²) < 4.78 is 38.1. The van der Waals surface area contributed by atoms with E-state index >= 15 is 0 Å². The number of halogens is 3. The minimum absolute atomic E-state index is 0.238. The Kier molecular flexibility index (Phi) is 6.73. The summed E-state index contributed by atoms with van der Waals surface area (Å²) in [4.78, 5) is 32.4. The van der Waals surface area contributed by atoms with Crippen LogP contribution in [0.1, 0.15) is 28.7 Å². The zero-order valence-electron chi connectivity index (χ0n) is 19.1. The second-order valence-corrected chi connectivity index (χ2v) is 7.83. The molecule has 0 fully saturated rings. The Hall–Kier alpha value is -4.67. The van der Waals surface area contributed by atoms with Crippen LogP contribution in [0.15, 0.2) is 67.0 Å². The minimum Gasteiger partial charge on any atom is -0.321 e. The first-order valence-electron chi connectivity index (χ1n) is 10.6. The summed E-state index contributed by atoms with van der Waals surface area (Å²) in [5.74, 6) is -0.527. The molecule has 0 atom stereocenters. The van der Waals surface area contributed by atoms with Crippen LogP contribution in [0.2, 0.25) is 0 Å². The van der Waals surface area contributed by atoms with Gasteiger partial charge in [-0.3, -0.25) is 14.6 Å². The summed E-state index contributed by atoms with van der Waals surface area (Å²) >= 11 is 0. The zero-order valence-corrected chi connectivity index (χ0v) is 19.1. The maximum atomic E-state index is 12.7. The normalized spacial score (nSPS) is 11.1. The van der Waals surface area contributed by atoms with Gasteiger partial charge in [0.2, 0.25) is 5.91 Å². The van der Waals surface area contributed by atoms with Gasteiger partial charge in [-0.05, 0) is 72.1 Å². The standard InChI is InChI=1S/C25H19F3N6O2/c1-14-3-4-18(32-24(36)20-5-6-22(34-33-20)25(26,27)28)13-19(14)16-7-9-29-21(11-16)17-8-10-30-23(12-17)31-15(2)35/h3-13H,1-2H3,(H,32,36)(H,30,31,35). The molecule has 182 valence electrons. The molecule has 0 radical (unpaired) electrons. The lowest BCUT2D eigenvalue weighted by Crippen LogP contribution is -2.16. The van der Waals surface area contributed by atoms with Crippen molar-refractivity contribution in [2.75, 3.05) is 10.6 Å². The van der Waals surface area contributed by atoms with Crippen molar-refractivity contribution in [2.45, 2.75) is 20.0 Å². The number of benzene rings is 1. The van der Waals surface area contributed by atoms with Gasteiger partial charge >= 0.3 is 6.18 Å². The molecule has 4 aromatic rings. The summed E-state index contributed by atoms with van der Waals surface area (Å²) in [6.45, 7) is 3.30. The smallest absolute Gasteiger partial charge is 0.321 e. The third-order valence-electron chi connectivity index (χ3n) is 5.11. The minimum atomic E-state index is -4.64. The molecule has 0 aliphatic rings. The lowest BCUT2D eigenvalue weighted by atomic mass is 9.99. The molecule has 0 aliphatic carbocycles. The highest BCUT2D eigenvalue weighted by Gasteiger charge is 2.33. The van der Waals surface area contributed by atoms with Crippen molar-refractivity contribution in [3.05, 3.63) is 83.9 Å². The lowest BCUT2D eigenvalue weighted by Gasteiger charge is -2.12. The largest absolute Gasteiger partial charge is 0.435 e. The van der Waals surface area contributed by atoms with E-state index in [9.17, 15) is 22.8 Å². The molecular formula is C25H19F3N6O2. The Morgan fingerprint density at radius 3 is 2.28 bits per heavy atom. The monoisotopic (exact) mass is 492 g/mol. The number of amides is 2. The molecule has 3 aromatic heterocycles. The van der Waals surface area contributed by atoms with Gasteiger partial charge in [-0.15, -0.1) is 10.2 Å². The second-order valence-electron chi connectivity index (χ2n) is 7.83. The SMILES string of the molecule is CC(=O)Nc1cc(-c2cc(-c3cc(NC(=O)c4ccc(C(F)(F)F)nn4)ccc3C)ccn2)ccn1. The molecule has 36 heavy (non-hydrogen) atoms. The maximum absolute atomic E-state index is 12.7. The van der Waals surface area contributed by atoms with Crippen LogP contribution in [-0.2, 0) is 11.0 Å². The summed E-state index contributed by atoms with van der Waals surface area (Å²) in [5.41, 5.74) is 2.96. The maximum Gasteiger partial charge on any atom is 0.435 e. The number of anilines is 2. The number of hydrogen-bond donors (Lipinski definition) is 2. The predicted molar refractivity (Wildman–Crippen MR) is 127 cm³/mol. The van der Waals surface area contributed by atoms with E-state index in [2.05, 4.69) is 30.8 Å². The molecule has 0 aliphatic heterocycles. The number of nitrogens with zero attached hydrogens (tertiary/aromatic N) is 4. The molecule has 8 nitrogen and oxygen atoms in total. The first-order valence-corrected chi connectivity index (χ1v) is 10.6. The molecular weight excluding hydrogens is 473 g/mol. The van der Waals surface area contributed by atoms with Gasteiger partial charge in [0.05, 0.1) is 5.69 Å². The van der Waals surface area contributed by atoms with E-state index in [0.29, 0.717) is 23.3 Å². The Bertz CT molecular complexity index is 1440. The molecule has 0 bridgehead atoms. The van der Waals surface area contributed by atoms with Crippen molar-refractivity contribution >= 4 is 23.3 Å². The van der Waals surface area contributed by atoms with Crippen molar-refractivity contribution in [3.63, 3.8) is 0 Å². The van der Waals surface area contributed by atoms with Crippen LogP contribution in [0.5, 0.6) is 0 Å². The average Bonchev–Trinajstić information content (AvgIpc) is 2.84. The van der Waals surface area contributed by atoms with E-state index in [0.717, 1.165) is 28.3 Å². The summed E-state index contributed by atoms with van der Waals surface area (Å²) in [6.07, 6.45) is -1.43. The number of aromatic nitrogens is 4. The van der Waals surface area contributed by atoms with Crippen LogP contribution in [0.4, 0.5) is 24.7 Å². The van der Waals surface area contributed by atoms with Crippen LogP contribution in [0.25, 0.3) is 22.4 Å². The molecule has 0 spiro atoms. The lowest BCUT2D eigenvalue weighted by molar-refractivity contribution is -0.141. The summed E-state index contributed by atoms with van der Waals surface area (Å²) in [6, 6.07) is 14.1. The van der Waals surface area contributed by atoms with E-state index in [1.54, 1.807) is 36.7 Å². The molecule has 1 aromatic carbocycles. The molecule has 0 unspecified atom stereocenters. The van der Waals surface area contributed by atoms with Gasteiger partial charge in [0.1, 0.15) is 5.82 Å². The van der Waals surface area contributed by atoms with Crippen LogP contribution < -0.4 is 10.6 Å². The second kappa shape index (κ2) is 9.90. The predicted octanol–water partition coefficient (Wildman–Crippen LogP) is 5.14. The third kappa shape index (κ3) is 5.69. The average molecular weight is 492 g/mol. The van der Waals surface area contributed by atoms with Crippen molar-refractivity contribution in [1.82, 2.24) is 20.2 Å². The van der Waals surface area contributed by atoms with E-state index < -0.39 is 17.8 Å². The quantitative estimate of drug-likeness (QED) is 0.399. The number of aryl methyl sites for hydroxylation is 1. The summed E-state index contributed by atoms with van der Waals surface area (Å²) in [5, 5.41) is 11.7. The number of hydrogen-bond acceptors (Lipinski definition) is 6. The third-order valence-corrected chi connectivity index (χ3v) is 5.11. The zero-order chi connectivity index (χ0) is 25.9. The van der Waals surface area contributed by atoms with Crippen molar-refractivity contribution < 1.29 is 22.8 Å². The highest BCUT2D eigenvalue weighted by atomic mass is 19.4. The van der Waals surface area contributed by atoms with Crippen LogP contribution in [0, 0.1) is 6.92 Å². The van der Waals surface area contributed by atoms with Crippen LogP contribution >= 0.6 is 0 Å². The fourth-order valence-electron chi connectivity index (χ4n) is 3.40. The topological polar surface area (TPSA) is 110 Å². The van der Waals surface area contributed by atoms with Crippen molar-refractivity contribution in [3.8, 4) is 22.4 Å². The van der Waals surface area contributed by atoms with Gasteiger partial charge in [-0.1, -0.05) is 6.07 Å². The van der Waals surface area contributed by atoms with E-state index in [4.69, 9.17) is 0 Å². The van der Waals surface area contributed by atoms with Crippen LogP contribution in [0.3, 0.4) is 0 Å². The fourth-order valence-corrected chi connectivity index (χ4v) is 3.40. The Labute approximate surface area is 203 Å². The van der Waals surface area contributed by atoms with Gasteiger partial charge in [0.25, 0.3) is 5.91 Å². The molecule has 4 rings (SSSR count). The van der Waals surface area contributed by atoms with E-state index in [1.165, 1.54) is 6.92 Å². The Morgan fingerprint density at radius 1 is 0.833 bits per heavy atom. The first-order chi connectivity index (χ1) is 17.1. The van der Waals surface area contributed by atoms with Crippen molar-refractivity contribution in [1.29, 1.82) is 0 Å². The molecule has 2 amide bonds. The molecule has 0 saturated carbocycles. The van der Waals surface area contributed by atoms with Crippen molar-refractivity contribution in [2.24, 2.45) is 0 Å². The van der Waals surface area contributed by atoms with E-state index in [-0.39, 0.29) is 11.6 Å². The van der Waals surface area contributed by atoms with Gasteiger partial charge in [0.15, 0.2) is 11.4 Å². The number of carbonyl (C=O) groups is 2. The molecule has 3 heterocycles. The highest BCUT2D eigenvalue weighted by molar-refractivity contribution is 6.03. The number of carbonyl (C=O) groups excluding carboxylic acids is 2. The number of alkyl halides is 3. The van der Waals surface area contributed by atoms with Gasteiger partial charge < -0.3 is 10.6 Å². The molecule has 11 heteroatoms. The van der Waals surface area contributed by atoms with Gasteiger partial charge in [-0.25, -0.2) is 4.98 Å². The Balaban J connectivity index is 1.59. The summed E-state index contributed by atoms with van der Waals surface area (Å²) in [7, 11) is 0. The number of pyridine rings is 2. The Morgan fingerprint density at radius 2 is 1.58 bits per heavy atom. The first kappa shape index (κ1) is 24.5. The molecule has 0 saturated heterocycles.